The molecule has 156 valence electrons. The summed E-state index contributed by atoms with van der Waals surface area (Å²) in [6.45, 7) is 7.18. The van der Waals surface area contributed by atoms with Gasteiger partial charge in [-0.15, -0.1) is 0 Å². The Morgan fingerprint density at radius 3 is 2.24 bits per heavy atom. The number of methoxy groups -OCH3 is 1. The van der Waals surface area contributed by atoms with Crippen LogP contribution in [0.3, 0.4) is 0 Å². The Bertz CT molecular complexity index is 815. The summed E-state index contributed by atoms with van der Waals surface area (Å²) in [5, 5.41) is 5.96. The lowest BCUT2D eigenvalue weighted by atomic mass is 10.0. The van der Waals surface area contributed by atoms with Crippen molar-refractivity contribution in [2.24, 2.45) is 0 Å². The lowest BCUT2D eigenvalue weighted by molar-refractivity contribution is -0.157. The summed E-state index contributed by atoms with van der Waals surface area (Å²) < 4.78 is 10.8. The Morgan fingerprint density at radius 1 is 1.00 bits per heavy atom. The molecule has 2 N–H and O–H groups in total. The van der Waals surface area contributed by atoms with Gasteiger partial charge in [0.1, 0.15) is 17.4 Å². The molecule has 2 rings (SSSR count). The summed E-state index contributed by atoms with van der Waals surface area (Å²) in [5.74, 6) is -0.0876. The highest BCUT2D eigenvalue weighted by Crippen LogP contribution is 2.23. The molecule has 6 heteroatoms. The van der Waals surface area contributed by atoms with Crippen LogP contribution in [0.15, 0.2) is 54.6 Å². The van der Waals surface area contributed by atoms with Crippen LogP contribution in [-0.2, 0) is 20.7 Å². The fraction of sp³-hybridized carbons (Fsp3) is 0.391. The minimum Gasteiger partial charge on any atom is -0.495 e. The number of ether oxygens (including phenoxy) is 2. The third-order valence-corrected chi connectivity index (χ3v) is 4.18. The Balaban J connectivity index is 2.11. The predicted octanol–water partition coefficient (Wildman–Crippen LogP) is 3.56. The minimum atomic E-state index is -0.657. The maximum Gasteiger partial charge on any atom is 0.324 e. The Kier molecular flexibility index (Phi) is 7.79. The number of carbonyl (C=O) groups excluding carboxylic acids is 2. The second-order valence-corrected chi connectivity index (χ2v) is 7.85. The molecule has 0 aliphatic rings. The van der Waals surface area contributed by atoms with E-state index in [9.17, 15) is 9.59 Å². The molecule has 0 spiro atoms. The molecule has 0 bridgehead atoms. The number of anilines is 1. The Labute approximate surface area is 172 Å². The number of rotatable bonds is 8. The number of esters is 1. The second-order valence-electron chi connectivity index (χ2n) is 7.85. The predicted molar refractivity (Wildman–Crippen MR) is 114 cm³/mol. The van der Waals surface area contributed by atoms with Gasteiger partial charge in [-0.05, 0) is 51.8 Å². The molecule has 0 aromatic heterocycles. The van der Waals surface area contributed by atoms with E-state index >= 15 is 0 Å². The normalized spacial score (nSPS) is 13.3. The molecule has 6 nitrogen and oxygen atoms in total. The van der Waals surface area contributed by atoms with Crippen molar-refractivity contribution in [2.45, 2.75) is 51.8 Å². The average molecular weight is 399 g/mol. The smallest absolute Gasteiger partial charge is 0.324 e. The van der Waals surface area contributed by atoms with Crippen LogP contribution in [-0.4, -0.2) is 36.7 Å². The van der Waals surface area contributed by atoms with E-state index in [0.717, 1.165) is 5.56 Å². The quantitative estimate of drug-likeness (QED) is 0.665. The lowest BCUT2D eigenvalue weighted by Gasteiger charge is -2.26. The van der Waals surface area contributed by atoms with E-state index in [2.05, 4.69) is 10.6 Å². The first-order valence-electron chi connectivity index (χ1n) is 9.66. The SMILES string of the molecule is COc1ccccc1NC(=O)[C@H](C)N[C@H](Cc1ccccc1)C(=O)OC(C)(C)C. The first-order chi connectivity index (χ1) is 13.7. The van der Waals surface area contributed by atoms with E-state index < -0.39 is 23.7 Å². The van der Waals surface area contributed by atoms with Crippen LogP contribution >= 0.6 is 0 Å². The number of hydrogen-bond donors (Lipinski definition) is 2. The van der Waals surface area contributed by atoms with Gasteiger partial charge in [-0.3, -0.25) is 14.9 Å². The van der Waals surface area contributed by atoms with Crippen LogP contribution in [0.5, 0.6) is 5.75 Å². The van der Waals surface area contributed by atoms with Crippen LogP contribution in [0.4, 0.5) is 5.69 Å². The molecule has 0 heterocycles. The van der Waals surface area contributed by atoms with Gasteiger partial charge in [0.05, 0.1) is 18.8 Å². The summed E-state index contributed by atoms with van der Waals surface area (Å²) in [6, 6.07) is 15.5. The highest BCUT2D eigenvalue weighted by Gasteiger charge is 2.28. The number of benzene rings is 2. The molecule has 0 unspecified atom stereocenters. The molecule has 0 aliphatic heterocycles. The monoisotopic (exact) mass is 398 g/mol. The van der Waals surface area contributed by atoms with Crippen molar-refractivity contribution in [1.29, 1.82) is 0 Å². The van der Waals surface area contributed by atoms with Crippen molar-refractivity contribution in [1.82, 2.24) is 5.32 Å². The number of para-hydroxylation sites is 2. The van der Waals surface area contributed by atoms with E-state index in [1.165, 1.54) is 0 Å². The molecule has 0 radical (unpaired) electrons. The largest absolute Gasteiger partial charge is 0.495 e. The van der Waals surface area contributed by atoms with Gasteiger partial charge in [0.15, 0.2) is 0 Å². The molecule has 1 amide bonds. The molecular weight excluding hydrogens is 368 g/mol. The van der Waals surface area contributed by atoms with Gasteiger partial charge < -0.3 is 14.8 Å². The molecule has 0 fully saturated rings. The van der Waals surface area contributed by atoms with Gasteiger partial charge in [0.25, 0.3) is 0 Å². The summed E-state index contributed by atoms with van der Waals surface area (Å²) in [7, 11) is 1.55. The van der Waals surface area contributed by atoms with Crippen molar-refractivity contribution >= 4 is 17.6 Å². The summed E-state index contributed by atoms with van der Waals surface area (Å²) >= 11 is 0. The highest BCUT2D eigenvalue weighted by molar-refractivity contribution is 5.96. The van der Waals surface area contributed by atoms with Crippen LogP contribution in [0.25, 0.3) is 0 Å². The van der Waals surface area contributed by atoms with Crippen LogP contribution in [0.1, 0.15) is 33.3 Å². The molecule has 0 saturated heterocycles. The molecule has 2 atom stereocenters. The fourth-order valence-electron chi connectivity index (χ4n) is 2.80. The number of nitrogens with one attached hydrogen (secondary N) is 2. The van der Waals surface area contributed by atoms with Gasteiger partial charge in [-0.2, -0.15) is 0 Å². The number of hydrogen-bond acceptors (Lipinski definition) is 5. The first-order valence-corrected chi connectivity index (χ1v) is 9.66. The van der Waals surface area contributed by atoms with E-state index in [1.54, 1.807) is 26.2 Å². The van der Waals surface area contributed by atoms with E-state index in [1.807, 2.05) is 63.2 Å². The van der Waals surface area contributed by atoms with E-state index in [4.69, 9.17) is 9.47 Å². The maximum atomic E-state index is 12.7. The van der Waals surface area contributed by atoms with E-state index in [-0.39, 0.29) is 5.91 Å². The average Bonchev–Trinajstić information content (AvgIpc) is 2.67. The standard InChI is InChI=1S/C23H30N2O4/c1-16(21(26)25-18-13-9-10-14-20(18)28-5)24-19(22(27)29-23(2,3)4)15-17-11-7-6-8-12-17/h6-14,16,19,24H,15H2,1-5H3,(H,25,26)/t16-,19+/m0/s1. The molecule has 2 aromatic rings. The van der Waals surface area contributed by atoms with Crippen LogP contribution in [0, 0.1) is 0 Å². The first kappa shape index (κ1) is 22.4. The van der Waals surface area contributed by atoms with Crippen molar-refractivity contribution in [3.05, 3.63) is 60.2 Å². The molecule has 0 aliphatic carbocycles. The van der Waals surface area contributed by atoms with Gasteiger partial charge in [-0.25, -0.2) is 0 Å². The minimum absolute atomic E-state index is 0.267. The molecule has 29 heavy (non-hydrogen) atoms. The van der Waals surface area contributed by atoms with Gasteiger partial charge >= 0.3 is 5.97 Å². The zero-order valence-corrected chi connectivity index (χ0v) is 17.7. The summed E-state index contributed by atoms with van der Waals surface area (Å²) in [6.07, 6.45) is 0.419. The third kappa shape index (κ3) is 7.23. The van der Waals surface area contributed by atoms with E-state index in [0.29, 0.717) is 17.9 Å². The topological polar surface area (TPSA) is 76.7 Å². The van der Waals surface area contributed by atoms with Gasteiger partial charge in [-0.1, -0.05) is 42.5 Å². The Hall–Kier alpha value is -2.86. The highest BCUT2D eigenvalue weighted by atomic mass is 16.6. The summed E-state index contributed by atoms with van der Waals surface area (Å²) in [5.41, 5.74) is 0.940. The molecule has 0 saturated carbocycles. The van der Waals surface area contributed by atoms with Crippen molar-refractivity contribution in [3.8, 4) is 5.75 Å². The zero-order chi connectivity index (χ0) is 21.4. The fourth-order valence-corrected chi connectivity index (χ4v) is 2.80. The van der Waals surface area contributed by atoms with Crippen LogP contribution < -0.4 is 15.4 Å². The molecular formula is C23H30N2O4. The van der Waals surface area contributed by atoms with Crippen molar-refractivity contribution in [3.63, 3.8) is 0 Å². The lowest BCUT2D eigenvalue weighted by Crippen LogP contribution is -2.50. The third-order valence-electron chi connectivity index (χ3n) is 4.18. The Morgan fingerprint density at radius 2 is 1.62 bits per heavy atom. The molecule has 2 aromatic carbocycles. The number of carbonyl (C=O) groups is 2. The number of amides is 1. The van der Waals surface area contributed by atoms with Crippen LogP contribution in [0.2, 0.25) is 0 Å². The second kappa shape index (κ2) is 10.1. The maximum absolute atomic E-state index is 12.7. The van der Waals surface area contributed by atoms with Crippen molar-refractivity contribution in [2.75, 3.05) is 12.4 Å². The zero-order valence-electron chi connectivity index (χ0n) is 17.7. The van der Waals surface area contributed by atoms with Gasteiger partial charge in [0, 0.05) is 0 Å². The summed E-state index contributed by atoms with van der Waals surface area (Å²) in [4.78, 5) is 25.4. The van der Waals surface area contributed by atoms with Gasteiger partial charge in [0.2, 0.25) is 5.91 Å². The van der Waals surface area contributed by atoms with Crippen molar-refractivity contribution < 1.29 is 19.1 Å².